The Morgan fingerprint density at radius 3 is 2.12 bits per heavy atom. The van der Waals surface area contributed by atoms with Gasteiger partial charge in [0.2, 0.25) is 0 Å². The molecule has 0 N–H and O–H groups in total. The molecular weight excluding hydrogens is 243 g/mol. The van der Waals surface area contributed by atoms with Gasteiger partial charge in [-0.2, -0.15) is 0 Å². The van der Waals surface area contributed by atoms with Crippen molar-refractivity contribution < 1.29 is 14.0 Å². The van der Waals surface area contributed by atoms with Gasteiger partial charge in [0.25, 0.3) is 5.91 Å². The summed E-state index contributed by atoms with van der Waals surface area (Å²) in [4.78, 5) is 22.2. The Morgan fingerprint density at radius 1 is 1.12 bits per heavy atom. The molecule has 0 heterocycles. The van der Waals surface area contributed by atoms with E-state index in [1.54, 1.807) is 12.1 Å². The van der Waals surface area contributed by atoms with Gasteiger partial charge in [0.1, 0.15) is 0 Å². The second-order valence-corrected chi connectivity index (χ2v) is 4.76. The van der Waals surface area contributed by atoms with Gasteiger partial charge in [-0.05, 0) is 19.1 Å². The van der Waals surface area contributed by atoms with E-state index in [1.165, 1.54) is 18.4 Å². The minimum Gasteiger partial charge on any atom is -0.268 e. The predicted molar refractivity (Wildman–Crippen MR) is 65.1 cm³/mol. The monoisotopic (exact) mass is 256 g/mol. The molecule has 0 fully saturated rings. The smallest absolute Gasteiger partial charge is 0.268 e. The molecule has 1 aromatic rings. The molecule has 1 aromatic carbocycles. The fourth-order valence-electron chi connectivity index (χ4n) is 1.13. The van der Waals surface area contributed by atoms with Crippen molar-refractivity contribution in [2.24, 2.45) is 0 Å². The number of rotatable bonds is 3. The lowest BCUT2D eigenvalue weighted by Gasteiger charge is -2.19. The van der Waals surface area contributed by atoms with Gasteiger partial charge < -0.3 is 0 Å². The molecule has 1 rings (SSSR count). The summed E-state index contributed by atoms with van der Waals surface area (Å²) in [7, 11) is 2.73. The summed E-state index contributed by atoms with van der Waals surface area (Å²) in [6.07, 6.45) is -1.60. The van der Waals surface area contributed by atoms with E-state index in [0.29, 0.717) is 17.7 Å². The maximum Gasteiger partial charge on any atom is 0.411 e. The Labute approximate surface area is 104 Å². The van der Waals surface area contributed by atoms with E-state index < -0.39 is 6.16 Å². The fourth-order valence-corrected chi connectivity index (χ4v) is 1.74. The Kier molecular flexibility index (Phi) is 4.51. The SMILES string of the molecule is Cc1ccc(C(=O)N(C)SN(C)C(=O)F)cc1. The standard InChI is InChI=1S/C11H13FN2O2S/c1-8-4-6-9(7-5-8)10(15)13(2)17-14(3)11(12)16/h4-7H,1-3H3. The highest BCUT2D eigenvalue weighted by Crippen LogP contribution is 2.17. The first-order valence-electron chi connectivity index (χ1n) is 4.88. The van der Waals surface area contributed by atoms with Crippen LogP contribution in [0.2, 0.25) is 0 Å². The molecule has 0 aliphatic carbocycles. The third kappa shape index (κ3) is 3.74. The molecule has 0 unspecified atom stereocenters. The maximum absolute atomic E-state index is 12.3. The minimum absolute atomic E-state index is 0.289. The Morgan fingerprint density at radius 2 is 1.65 bits per heavy atom. The molecule has 92 valence electrons. The predicted octanol–water partition coefficient (Wildman–Crippen LogP) is 2.65. The molecule has 4 nitrogen and oxygen atoms in total. The number of benzene rings is 1. The van der Waals surface area contributed by atoms with Gasteiger partial charge in [-0.25, -0.2) is 9.10 Å². The van der Waals surface area contributed by atoms with E-state index in [-0.39, 0.29) is 5.91 Å². The molecule has 0 saturated heterocycles. The van der Waals surface area contributed by atoms with Crippen LogP contribution in [0, 0.1) is 6.92 Å². The molecule has 0 aromatic heterocycles. The van der Waals surface area contributed by atoms with Crippen molar-refractivity contribution in [3.63, 3.8) is 0 Å². The van der Waals surface area contributed by atoms with E-state index >= 15 is 0 Å². The number of hydrogen-bond donors (Lipinski definition) is 0. The number of hydrogen-bond acceptors (Lipinski definition) is 3. The first-order valence-corrected chi connectivity index (χ1v) is 5.61. The highest BCUT2D eigenvalue weighted by atomic mass is 32.2. The quantitative estimate of drug-likeness (QED) is 0.474. The van der Waals surface area contributed by atoms with Gasteiger partial charge in [-0.15, -0.1) is 4.39 Å². The van der Waals surface area contributed by atoms with Crippen molar-refractivity contribution in [1.82, 2.24) is 8.61 Å². The molecule has 0 spiro atoms. The Hall–Kier alpha value is -1.56. The third-order valence-corrected chi connectivity index (χ3v) is 2.88. The average molecular weight is 256 g/mol. The second kappa shape index (κ2) is 5.67. The summed E-state index contributed by atoms with van der Waals surface area (Å²) < 4.78 is 14.2. The molecule has 0 aliphatic rings. The van der Waals surface area contributed by atoms with Crippen LogP contribution < -0.4 is 0 Å². The Bertz CT molecular complexity index is 422. The molecule has 17 heavy (non-hydrogen) atoms. The van der Waals surface area contributed by atoms with Crippen LogP contribution in [0.25, 0.3) is 0 Å². The highest BCUT2D eigenvalue weighted by Gasteiger charge is 2.17. The van der Waals surface area contributed by atoms with Crippen molar-refractivity contribution in [1.29, 1.82) is 0 Å². The number of nitrogens with zero attached hydrogens (tertiary/aromatic N) is 2. The lowest BCUT2D eigenvalue weighted by Crippen LogP contribution is -2.26. The second-order valence-electron chi connectivity index (χ2n) is 3.50. The number of carbonyl (C=O) groups excluding carboxylic acids is 2. The normalized spacial score (nSPS) is 9.88. The van der Waals surface area contributed by atoms with Gasteiger partial charge in [0, 0.05) is 19.7 Å². The summed E-state index contributed by atoms with van der Waals surface area (Å²) in [5.41, 5.74) is 1.54. The molecule has 0 atom stereocenters. The number of halogens is 1. The zero-order valence-corrected chi connectivity index (χ0v) is 10.6. The summed E-state index contributed by atoms with van der Waals surface area (Å²) in [5, 5.41) is 0. The van der Waals surface area contributed by atoms with Gasteiger partial charge >= 0.3 is 6.16 Å². The van der Waals surface area contributed by atoms with E-state index in [9.17, 15) is 14.0 Å². The topological polar surface area (TPSA) is 40.6 Å². The molecule has 0 aliphatic heterocycles. The van der Waals surface area contributed by atoms with Crippen molar-refractivity contribution in [2.45, 2.75) is 6.92 Å². The Balaban J connectivity index is 2.70. The van der Waals surface area contributed by atoms with E-state index in [1.807, 2.05) is 19.1 Å². The van der Waals surface area contributed by atoms with Gasteiger partial charge in [0.15, 0.2) is 0 Å². The lowest BCUT2D eigenvalue weighted by molar-refractivity contribution is 0.0889. The van der Waals surface area contributed by atoms with Crippen molar-refractivity contribution in [2.75, 3.05) is 14.1 Å². The van der Waals surface area contributed by atoms with E-state index in [0.717, 1.165) is 9.87 Å². The average Bonchev–Trinajstić information content (AvgIpc) is 2.28. The van der Waals surface area contributed by atoms with Crippen molar-refractivity contribution >= 4 is 24.2 Å². The highest BCUT2D eigenvalue weighted by molar-refractivity contribution is 7.95. The zero-order valence-electron chi connectivity index (χ0n) is 9.81. The van der Waals surface area contributed by atoms with E-state index in [2.05, 4.69) is 0 Å². The van der Waals surface area contributed by atoms with Crippen molar-refractivity contribution in [3.8, 4) is 0 Å². The van der Waals surface area contributed by atoms with Gasteiger partial charge in [-0.1, -0.05) is 17.7 Å². The van der Waals surface area contributed by atoms with Crippen LogP contribution in [0.1, 0.15) is 15.9 Å². The number of aryl methyl sites for hydroxylation is 1. The van der Waals surface area contributed by atoms with Crippen LogP contribution >= 0.6 is 12.1 Å². The maximum atomic E-state index is 12.3. The molecule has 2 amide bonds. The first-order chi connectivity index (χ1) is 7.91. The van der Waals surface area contributed by atoms with Crippen LogP contribution in [-0.4, -0.2) is 34.8 Å². The van der Waals surface area contributed by atoms with Crippen LogP contribution in [0.15, 0.2) is 24.3 Å². The van der Waals surface area contributed by atoms with E-state index in [4.69, 9.17) is 0 Å². The van der Waals surface area contributed by atoms with Crippen LogP contribution in [-0.2, 0) is 0 Å². The minimum atomic E-state index is -1.60. The van der Waals surface area contributed by atoms with Gasteiger partial charge in [0.05, 0.1) is 12.1 Å². The number of amides is 2. The largest absolute Gasteiger partial charge is 0.411 e. The van der Waals surface area contributed by atoms with Crippen molar-refractivity contribution in [3.05, 3.63) is 35.4 Å². The van der Waals surface area contributed by atoms with Crippen LogP contribution in [0.4, 0.5) is 9.18 Å². The summed E-state index contributed by atoms with van der Waals surface area (Å²) in [6, 6.07) is 7.00. The zero-order chi connectivity index (χ0) is 13.0. The fraction of sp³-hybridized carbons (Fsp3) is 0.273. The summed E-state index contributed by atoms with van der Waals surface area (Å²) in [5.74, 6) is -0.289. The number of carbonyl (C=O) groups is 2. The first kappa shape index (κ1) is 13.5. The molecule has 6 heteroatoms. The molecule has 0 radical (unpaired) electrons. The third-order valence-electron chi connectivity index (χ3n) is 2.08. The van der Waals surface area contributed by atoms with Gasteiger partial charge in [-0.3, -0.25) is 9.10 Å². The van der Waals surface area contributed by atoms with Crippen LogP contribution in [0.5, 0.6) is 0 Å². The molecular formula is C11H13FN2O2S. The van der Waals surface area contributed by atoms with Crippen LogP contribution in [0.3, 0.4) is 0 Å². The lowest BCUT2D eigenvalue weighted by atomic mass is 10.1. The molecule has 0 bridgehead atoms. The summed E-state index contributed by atoms with van der Waals surface area (Å²) in [6.45, 7) is 1.92. The molecule has 0 saturated carbocycles. The summed E-state index contributed by atoms with van der Waals surface area (Å²) >= 11 is 0.707.